The molecule has 0 bridgehead atoms. The molecule has 0 radical (unpaired) electrons. The van der Waals surface area contributed by atoms with Gasteiger partial charge in [-0.05, 0) is 48.9 Å². The summed E-state index contributed by atoms with van der Waals surface area (Å²) < 4.78 is 32.6. The minimum absolute atomic E-state index is 0.0840. The number of anilines is 1. The van der Waals surface area contributed by atoms with Gasteiger partial charge in [-0.25, -0.2) is 9.36 Å². The molecule has 0 aliphatic heterocycles. The summed E-state index contributed by atoms with van der Waals surface area (Å²) in [5.74, 6) is -0.0840. The van der Waals surface area contributed by atoms with Gasteiger partial charge in [0.05, 0.1) is 23.3 Å². The van der Waals surface area contributed by atoms with Crippen LogP contribution in [-0.2, 0) is 0 Å². The molecule has 8 nitrogen and oxygen atoms in total. The predicted octanol–water partition coefficient (Wildman–Crippen LogP) is 4.43. The van der Waals surface area contributed by atoms with Gasteiger partial charge in [0.25, 0.3) is 0 Å². The van der Waals surface area contributed by atoms with Gasteiger partial charge in [-0.2, -0.15) is 19.0 Å². The molecule has 2 aromatic carbocycles. The molecule has 2 aromatic heterocycles. The normalized spacial score (nSPS) is 11.5. The van der Waals surface area contributed by atoms with Crippen LogP contribution in [0.3, 0.4) is 0 Å². The molecule has 0 amide bonds. The molecule has 0 aliphatic rings. The molecule has 0 saturated heterocycles. The lowest BCUT2D eigenvalue weighted by molar-refractivity contribution is -0.0544. The van der Waals surface area contributed by atoms with Gasteiger partial charge in [0.1, 0.15) is 0 Å². The highest BCUT2D eigenvalue weighted by molar-refractivity contribution is 5.86. The highest BCUT2D eigenvalue weighted by atomic mass is 19.3. The first kappa shape index (κ1) is 22.6. The van der Waals surface area contributed by atoms with Crippen LogP contribution in [-0.4, -0.2) is 32.4 Å². The fourth-order valence-electron chi connectivity index (χ4n) is 3.36. The number of aromatic nitrogens is 4. The first-order chi connectivity index (χ1) is 16.5. The third-order valence-corrected chi connectivity index (χ3v) is 4.86. The van der Waals surface area contributed by atoms with E-state index in [1.807, 2.05) is 37.3 Å². The van der Waals surface area contributed by atoms with E-state index in [1.165, 1.54) is 35.3 Å². The second kappa shape index (κ2) is 9.90. The average Bonchev–Trinajstić information content (AvgIpc) is 3.27. The van der Waals surface area contributed by atoms with Crippen molar-refractivity contribution in [2.45, 2.75) is 13.5 Å². The van der Waals surface area contributed by atoms with Crippen molar-refractivity contribution in [3.63, 3.8) is 0 Å². The third-order valence-electron chi connectivity index (χ3n) is 4.86. The van der Waals surface area contributed by atoms with Crippen LogP contribution in [0.25, 0.3) is 17.1 Å². The zero-order valence-corrected chi connectivity index (χ0v) is 18.0. The van der Waals surface area contributed by atoms with Gasteiger partial charge in [-0.15, -0.1) is 0 Å². The fourth-order valence-corrected chi connectivity index (χ4v) is 3.36. The van der Waals surface area contributed by atoms with E-state index in [1.54, 1.807) is 22.9 Å². The van der Waals surface area contributed by atoms with Crippen LogP contribution in [0.2, 0.25) is 0 Å². The van der Waals surface area contributed by atoms with Gasteiger partial charge in [0.15, 0.2) is 5.69 Å². The first-order valence-electron chi connectivity index (χ1n) is 10.2. The molecular weight excluding hydrogens is 442 g/mol. The van der Waals surface area contributed by atoms with Gasteiger partial charge >= 0.3 is 6.61 Å². The minimum atomic E-state index is -2.97. The number of ether oxygens (including phenoxy) is 1. The number of para-hydroxylation sites is 1. The van der Waals surface area contributed by atoms with Crippen molar-refractivity contribution in [1.29, 1.82) is 5.41 Å². The molecule has 2 N–H and O–H groups in total. The van der Waals surface area contributed by atoms with E-state index in [0.29, 0.717) is 17.1 Å². The highest BCUT2D eigenvalue weighted by Crippen LogP contribution is 2.23. The van der Waals surface area contributed by atoms with E-state index >= 15 is 0 Å². The maximum Gasteiger partial charge on any atom is 0.388 e. The van der Waals surface area contributed by atoms with Crippen LogP contribution >= 0.6 is 0 Å². The molecule has 0 atom stereocenters. The summed E-state index contributed by atoms with van der Waals surface area (Å²) in [5.41, 5.74) is 2.90. The van der Waals surface area contributed by atoms with Crippen molar-refractivity contribution in [2.24, 2.45) is 0 Å². The summed E-state index contributed by atoms with van der Waals surface area (Å²) in [6.07, 6.45) is 5.44. The quantitative estimate of drug-likeness (QED) is 0.378. The topological polar surface area (TPSA) is 97.8 Å². The second-order valence-electron chi connectivity index (χ2n) is 7.14. The highest BCUT2D eigenvalue weighted by Gasteiger charge is 2.14. The van der Waals surface area contributed by atoms with E-state index in [-0.39, 0.29) is 17.0 Å². The summed E-state index contributed by atoms with van der Waals surface area (Å²) >= 11 is 0. The van der Waals surface area contributed by atoms with Crippen molar-refractivity contribution in [3.05, 3.63) is 101 Å². The van der Waals surface area contributed by atoms with Crippen molar-refractivity contribution in [3.8, 4) is 17.3 Å². The summed E-state index contributed by atoms with van der Waals surface area (Å²) in [6.45, 7) is -1.14. The van der Waals surface area contributed by atoms with Gasteiger partial charge in [0, 0.05) is 30.2 Å². The molecule has 0 unspecified atom stereocenters. The number of aryl methyl sites for hydroxylation is 1. The number of alkyl halides is 2. The van der Waals surface area contributed by atoms with E-state index in [4.69, 9.17) is 5.41 Å². The predicted molar refractivity (Wildman–Crippen MR) is 125 cm³/mol. The van der Waals surface area contributed by atoms with Gasteiger partial charge < -0.3 is 15.5 Å². The van der Waals surface area contributed by atoms with Crippen LogP contribution in [0.5, 0.6) is 5.88 Å². The molecular formula is C24H20F2N6O2. The van der Waals surface area contributed by atoms with Crippen molar-refractivity contribution in [2.75, 3.05) is 5.32 Å². The number of hydrogen-bond donors (Lipinski definition) is 2. The number of nitrogens with one attached hydrogen (secondary N) is 2. The third kappa shape index (κ3) is 4.90. The Morgan fingerprint density at radius 1 is 1.15 bits per heavy atom. The maximum atomic E-state index is 12.7. The van der Waals surface area contributed by atoms with Crippen molar-refractivity contribution in [1.82, 2.24) is 19.6 Å². The number of benzene rings is 2. The Morgan fingerprint density at radius 3 is 2.65 bits per heavy atom. The average molecular weight is 462 g/mol. The zero-order valence-electron chi connectivity index (χ0n) is 18.0. The van der Waals surface area contributed by atoms with Crippen LogP contribution in [0, 0.1) is 12.3 Å². The number of halogens is 2. The van der Waals surface area contributed by atoms with Gasteiger partial charge in [0.2, 0.25) is 11.3 Å². The summed E-state index contributed by atoms with van der Waals surface area (Å²) in [5, 5.41) is 19.1. The summed E-state index contributed by atoms with van der Waals surface area (Å²) in [6, 6.07) is 17.2. The Morgan fingerprint density at radius 2 is 1.94 bits per heavy atom. The van der Waals surface area contributed by atoms with Crippen LogP contribution < -0.4 is 15.5 Å². The molecule has 0 saturated carbocycles. The van der Waals surface area contributed by atoms with Gasteiger partial charge in [-0.3, -0.25) is 4.79 Å². The number of hydrogen-bond acceptors (Lipinski definition) is 6. The fraction of sp³-hybridized carbons (Fsp3) is 0.0833. The largest absolute Gasteiger partial charge is 0.417 e. The Labute approximate surface area is 193 Å². The van der Waals surface area contributed by atoms with Crippen LogP contribution in [0.4, 0.5) is 14.5 Å². The Hall–Kier alpha value is -4.60. The SMILES string of the molecule is Cc1cc(-n2nccc2OC(F)F)ccc1-n1ccc(=O)c(/C(=C/C=N)Nc2ccccc2)n1. The second-order valence-corrected chi connectivity index (χ2v) is 7.14. The molecule has 172 valence electrons. The molecule has 4 rings (SSSR count). The summed E-state index contributed by atoms with van der Waals surface area (Å²) in [4.78, 5) is 12.6. The number of allylic oxidation sites excluding steroid dienone is 1. The minimum Gasteiger partial charge on any atom is -0.417 e. The van der Waals surface area contributed by atoms with Crippen molar-refractivity contribution >= 4 is 17.6 Å². The van der Waals surface area contributed by atoms with E-state index in [0.717, 1.165) is 17.5 Å². The molecule has 4 aromatic rings. The number of rotatable bonds is 8. The molecule has 34 heavy (non-hydrogen) atoms. The lowest BCUT2D eigenvalue weighted by Crippen LogP contribution is -2.19. The molecule has 10 heteroatoms. The Kier molecular flexibility index (Phi) is 6.58. The van der Waals surface area contributed by atoms with Gasteiger partial charge in [-0.1, -0.05) is 18.2 Å². The van der Waals surface area contributed by atoms with Crippen LogP contribution in [0.1, 0.15) is 11.3 Å². The molecule has 0 spiro atoms. The maximum absolute atomic E-state index is 12.7. The van der Waals surface area contributed by atoms with E-state index < -0.39 is 6.61 Å². The first-order valence-corrected chi connectivity index (χ1v) is 10.2. The summed E-state index contributed by atoms with van der Waals surface area (Å²) in [7, 11) is 0. The molecule has 0 fully saturated rings. The monoisotopic (exact) mass is 462 g/mol. The lowest BCUT2D eigenvalue weighted by atomic mass is 10.1. The smallest absolute Gasteiger partial charge is 0.388 e. The standard InChI is InChI=1S/C24H20F2N6O2/c1-16-15-18(32-22(10-13-28-32)34-24(25)26)7-8-20(16)31-14-11-21(33)23(30-31)19(9-12-27)29-17-5-3-2-4-6-17/h2-15,24,27,29H,1H3/b19-9-,27-12?. The van der Waals surface area contributed by atoms with E-state index in [2.05, 4.69) is 20.3 Å². The molecule has 0 aliphatic carbocycles. The Bertz CT molecular complexity index is 1400. The van der Waals surface area contributed by atoms with E-state index in [9.17, 15) is 13.6 Å². The lowest BCUT2D eigenvalue weighted by Gasteiger charge is -2.15. The van der Waals surface area contributed by atoms with Crippen molar-refractivity contribution < 1.29 is 13.5 Å². The Balaban J connectivity index is 1.70. The number of nitrogens with zero attached hydrogens (tertiary/aromatic N) is 4. The zero-order chi connectivity index (χ0) is 24.1. The van der Waals surface area contributed by atoms with Crippen LogP contribution in [0.15, 0.2) is 83.9 Å². The molecule has 2 heterocycles.